The molecule has 1 fully saturated rings. The highest BCUT2D eigenvalue weighted by Crippen LogP contribution is 2.31. The topological polar surface area (TPSA) is 117 Å². The standard InChI is InChI=1S/C19H24Cl2N4O5S/c1-10-13(20)14(21)15(22-10)17(26)23-11-3-5-25(6-4-11)19-24-12(9-30-8-7-29-2)16(31-19)18(27)28/h11,22H,3-9H2,1-2H3,(H,23,26)(H,27,28). The summed E-state index contributed by atoms with van der Waals surface area (Å²) in [6.45, 7) is 3.94. The fourth-order valence-corrected chi connectivity index (χ4v) is 4.63. The number of H-pyrrole nitrogens is 1. The van der Waals surface area contributed by atoms with Crippen molar-refractivity contribution in [2.75, 3.05) is 38.3 Å². The van der Waals surface area contributed by atoms with Crippen molar-refractivity contribution in [3.63, 3.8) is 0 Å². The Bertz CT molecular complexity index is 940. The Labute approximate surface area is 193 Å². The van der Waals surface area contributed by atoms with E-state index in [1.165, 1.54) is 0 Å². The first-order chi connectivity index (χ1) is 14.8. The van der Waals surface area contributed by atoms with Crippen LogP contribution in [0, 0.1) is 6.92 Å². The van der Waals surface area contributed by atoms with Crippen LogP contribution in [0.2, 0.25) is 10.0 Å². The molecule has 12 heteroatoms. The molecule has 170 valence electrons. The van der Waals surface area contributed by atoms with Gasteiger partial charge in [-0.05, 0) is 19.8 Å². The number of aromatic carboxylic acids is 1. The second-order valence-electron chi connectivity index (χ2n) is 7.11. The first kappa shape index (κ1) is 23.8. The van der Waals surface area contributed by atoms with E-state index in [0.717, 1.165) is 11.3 Å². The van der Waals surface area contributed by atoms with Gasteiger partial charge in [0.1, 0.15) is 10.6 Å². The molecule has 9 nitrogen and oxygen atoms in total. The van der Waals surface area contributed by atoms with Gasteiger partial charge in [-0.2, -0.15) is 0 Å². The van der Waals surface area contributed by atoms with Crippen LogP contribution in [0.15, 0.2) is 0 Å². The number of amides is 1. The molecule has 0 saturated carbocycles. The zero-order valence-corrected chi connectivity index (χ0v) is 19.5. The highest BCUT2D eigenvalue weighted by molar-refractivity contribution is 7.17. The maximum absolute atomic E-state index is 12.5. The maximum atomic E-state index is 12.5. The van der Waals surface area contributed by atoms with Gasteiger partial charge in [0.2, 0.25) is 0 Å². The smallest absolute Gasteiger partial charge is 0.347 e. The molecule has 1 aliphatic heterocycles. The quantitative estimate of drug-likeness (QED) is 0.461. The summed E-state index contributed by atoms with van der Waals surface area (Å²) in [5, 5.41) is 13.7. The molecular weight excluding hydrogens is 467 g/mol. The Balaban J connectivity index is 1.58. The third-order valence-corrected chi connectivity index (χ3v) is 7.03. The number of hydrogen-bond acceptors (Lipinski definition) is 7. The number of anilines is 1. The lowest BCUT2D eigenvalue weighted by Crippen LogP contribution is -2.44. The number of methoxy groups -OCH3 is 1. The predicted molar refractivity (Wildman–Crippen MR) is 119 cm³/mol. The summed E-state index contributed by atoms with van der Waals surface area (Å²) in [5.74, 6) is -1.32. The summed E-state index contributed by atoms with van der Waals surface area (Å²) in [6, 6.07) is -0.0297. The first-order valence-electron chi connectivity index (χ1n) is 9.70. The molecule has 0 aromatic carbocycles. The molecule has 1 saturated heterocycles. The number of piperidine rings is 1. The molecule has 3 heterocycles. The van der Waals surface area contributed by atoms with Gasteiger partial charge in [-0.1, -0.05) is 34.5 Å². The van der Waals surface area contributed by atoms with Gasteiger partial charge in [0, 0.05) is 31.9 Å². The minimum atomic E-state index is -1.02. The van der Waals surface area contributed by atoms with Gasteiger partial charge in [0.15, 0.2) is 5.13 Å². The Morgan fingerprint density at radius 3 is 2.58 bits per heavy atom. The average Bonchev–Trinajstić information content (AvgIpc) is 3.29. The van der Waals surface area contributed by atoms with Crippen molar-refractivity contribution >= 4 is 51.5 Å². The summed E-state index contributed by atoms with van der Waals surface area (Å²) in [7, 11) is 1.57. The zero-order valence-electron chi connectivity index (χ0n) is 17.2. The Morgan fingerprint density at radius 2 is 2.00 bits per heavy atom. The van der Waals surface area contributed by atoms with Crippen LogP contribution in [0.4, 0.5) is 5.13 Å². The SMILES string of the molecule is COCCOCc1nc(N2CCC(NC(=O)c3[nH]c(C)c(Cl)c3Cl)CC2)sc1C(=O)O. The molecule has 3 N–H and O–H groups in total. The molecule has 2 aromatic heterocycles. The predicted octanol–water partition coefficient (Wildman–Crippen LogP) is 3.35. The minimum Gasteiger partial charge on any atom is -0.477 e. The Kier molecular flexibility index (Phi) is 8.17. The molecule has 2 aromatic rings. The van der Waals surface area contributed by atoms with Crippen molar-refractivity contribution in [1.29, 1.82) is 0 Å². The largest absolute Gasteiger partial charge is 0.477 e. The van der Waals surface area contributed by atoms with Gasteiger partial charge < -0.3 is 29.8 Å². The molecule has 3 rings (SSSR count). The zero-order chi connectivity index (χ0) is 22.5. The number of hydrogen-bond donors (Lipinski definition) is 3. The molecule has 1 aliphatic rings. The Hall–Kier alpha value is -1.85. The van der Waals surface area contributed by atoms with Gasteiger partial charge in [-0.15, -0.1) is 0 Å². The first-order valence-corrected chi connectivity index (χ1v) is 11.3. The van der Waals surface area contributed by atoms with Crippen LogP contribution in [-0.4, -0.2) is 66.4 Å². The van der Waals surface area contributed by atoms with E-state index in [9.17, 15) is 14.7 Å². The lowest BCUT2D eigenvalue weighted by atomic mass is 10.1. The maximum Gasteiger partial charge on any atom is 0.347 e. The van der Waals surface area contributed by atoms with Crippen molar-refractivity contribution < 1.29 is 24.2 Å². The number of nitrogens with one attached hydrogen (secondary N) is 2. The molecule has 0 atom stereocenters. The molecule has 0 unspecified atom stereocenters. The number of thiazole rings is 1. The van der Waals surface area contributed by atoms with Crippen molar-refractivity contribution in [3.8, 4) is 0 Å². The number of rotatable bonds is 9. The van der Waals surface area contributed by atoms with Gasteiger partial charge in [0.25, 0.3) is 5.91 Å². The summed E-state index contributed by atoms with van der Waals surface area (Å²) in [5.41, 5.74) is 1.31. The van der Waals surface area contributed by atoms with E-state index in [1.807, 2.05) is 4.90 Å². The van der Waals surface area contributed by atoms with Crippen molar-refractivity contribution in [3.05, 3.63) is 32.0 Å². The van der Waals surface area contributed by atoms with Gasteiger partial charge >= 0.3 is 5.97 Å². The summed E-state index contributed by atoms with van der Waals surface area (Å²) in [4.78, 5) is 33.7. The number of nitrogens with zero attached hydrogens (tertiary/aromatic N) is 2. The van der Waals surface area contributed by atoms with Crippen LogP contribution in [0.5, 0.6) is 0 Å². The van der Waals surface area contributed by atoms with Gasteiger partial charge in [-0.25, -0.2) is 9.78 Å². The average molecular weight is 491 g/mol. The number of ether oxygens (including phenoxy) is 2. The number of carbonyl (C=O) groups excluding carboxylic acids is 1. The highest BCUT2D eigenvalue weighted by atomic mass is 35.5. The van der Waals surface area contributed by atoms with E-state index >= 15 is 0 Å². The second kappa shape index (κ2) is 10.6. The van der Waals surface area contributed by atoms with Crippen LogP contribution >= 0.6 is 34.5 Å². The van der Waals surface area contributed by atoms with E-state index < -0.39 is 5.97 Å². The summed E-state index contributed by atoms with van der Waals surface area (Å²) < 4.78 is 10.4. The number of aromatic nitrogens is 2. The van der Waals surface area contributed by atoms with Crippen LogP contribution in [0.3, 0.4) is 0 Å². The number of carboxylic acid groups (broad SMARTS) is 1. The lowest BCUT2D eigenvalue weighted by Gasteiger charge is -2.32. The van der Waals surface area contributed by atoms with Crippen LogP contribution in [0.1, 0.15) is 44.4 Å². The third kappa shape index (κ3) is 5.69. The van der Waals surface area contributed by atoms with E-state index in [2.05, 4.69) is 15.3 Å². The van der Waals surface area contributed by atoms with Crippen molar-refractivity contribution in [1.82, 2.24) is 15.3 Å². The monoisotopic (exact) mass is 490 g/mol. The minimum absolute atomic E-state index is 0.0297. The van der Waals surface area contributed by atoms with Gasteiger partial charge in [-0.3, -0.25) is 4.79 Å². The van der Waals surface area contributed by atoms with Crippen LogP contribution in [0.25, 0.3) is 0 Å². The molecule has 0 bridgehead atoms. The van der Waals surface area contributed by atoms with Gasteiger partial charge in [0.05, 0.1) is 35.6 Å². The molecule has 31 heavy (non-hydrogen) atoms. The molecule has 1 amide bonds. The van der Waals surface area contributed by atoms with E-state index in [0.29, 0.717) is 60.7 Å². The number of carboxylic acids is 1. The normalized spacial score (nSPS) is 14.8. The van der Waals surface area contributed by atoms with Crippen LogP contribution in [-0.2, 0) is 16.1 Å². The number of aromatic amines is 1. The highest BCUT2D eigenvalue weighted by Gasteiger charge is 2.27. The fraction of sp³-hybridized carbons (Fsp3) is 0.526. The number of aryl methyl sites for hydroxylation is 1. The molecular formula is C19H24Cl2N4O5S. The molecule has 0 spiro atoms. The Morgan fingerprint density at radius 1 is 1.29 bits per heavy atom. The van der Waals surface area contributed by atoms with Crippen molar-refractivity contribution in [2.24, 2.45) is 0 Å². The van der Waals surface area contributed by atoms with Crippen molar-refractivity contribution in [2.45, 2.75) is 32.4 Å². The van der Waals surface area contributed by atoms with E-state index in [1.54, 1.807) is 14.0 Å². The molecule has 0 radical (unpaired) electrons. The van der Waals surface area contributed by atoms with E-state index in [4.69, 9.17) is 32.7 Å². The fourth-order valence-electron chi connectivity index (χ4n) is 3.25. The number of carbonyl (C=O) groups is 2. The van der Waals surface area contributed by atoms with E-state index in [-0.39, 0.29) is 34.1 Å². The number of halogens is 2. The summed E-state index contributed by atoms with van der Waals surface area (Å²) >= 11 is 13.3. The second-order valence-corrected chi connectivity index (χ2v) is 8.84. The van der Waals surface area contributed by atoms with Crippen LogP contribution < -0.4 is 10.2 Å². The molecule has 0 aliphatic carbocycles. The lowest BCUT2D eigenvalue weighted by molar-refractivity contribution is 0.0581. The summed E-state index contributed by atoms with van der Waals surface area (Å²) in [6.07, 6.45) is 1.39. The third-order valence-electron chi connectivity index (χ3n) is 4.93.